The van der Waals surface area contributed by atoms with E-state index in [1.807, 2.05) is 0 Å². The molecule has 0 spiro atoms. The molecule has 4 nitrogen and oxygen atoms in total. The Bertz CT molecular complexity index is 279. The lowest BCUT2D eigenvalue weighted by atomic mass is 9.72. The molecule has 1 amide bonds. The van der Waals surface area contributed by atoms with Gasteiger partial charge in [0, 0.05) is 25.0 Å². The van der Waals surface area contributed by atoms with E-state index in [0.717, 1.165) is 39.0 Å². The zero-order valence-corrected chi connectivity index (χ0v) is 13.0. The van der Waals surface area contributed by atoms with Crippen molar-refractivity contribution >= 4 is 5.91 Å². The molecule has 0 aromatic heterocycles. The maximum atomic E-state index is 12.2. The third-order valence-electron chi connectivity index (χ3n) is 4.65. The molecule has 4 heteroatoms. The second-order valence-corrected chi connectivity index (χ2v) is 6.01. The molecule has 112 valence electrons. The molecule has 1 aliphatic rings. The van der Waals surface area contributed by atoms with E-state index < -0.39 is 0 Å². The monoisotopic (exact) mass is 269 g/mol. The number of amides is 1. The van der Waals surface area contributed by atoms with Crippen LogP contribution in [0, 0.1) is 17.8 Å². The first-order valence-electron chi connectivity index (χ1n) is 7.75. The molecule has 0 saturated heterocycles. The Balaban J connectivity index is 2.36. The summed E-state index contributed by atoms with van der Waals surface area (Å²) in [5.41, 5.74) is 6.10. The van der Waals surface area contributed by atoms with Crippen molar-refractivity contribution < 1.29 is 4.79 Å². The first kappa shape index (κ1) is 16.4. The number of nitrogens with two attached hydrogens (primary N) is 1. The normalized spacial score (nSPS) is 31.5. The summed E-state index contributed by atoms with van der Waals surface area (Å²) < 4.78 is 0. The van der Waals surface area contributed by atoms with Gasteiger partial charge in [0.25, 0.3) is 0 Å². The van der Waals surface area contributed by atoms with E-state index in [2.05, 4.69) is 37.9 Å². The molecule has 1 saturated carbocycles. The van der Waals surface area contributed by atoms with Crippen LogP contribution >= 0.6 is 0 Å². The van der Waals surface area contributed by atoms with Gasteiger partial charge in [-0.1, -0.05) is 27.7 Å². The van der Waals surface area contributed by atoms with Gasteiger partial charge in [-0.2, -0.15) is 0 Å². The van der Waals surface area contributed by atoms with Gasteiger partial charge in [0.2, 0.25) is 5.91 Å². The van der Waals surface area contributed by atoms with Crippen molar-refractivity contribution in [2.45, 2.75) is 46.6 Å². The Labute approximate surface area is 118 Å². The zero-order chi connectivity index (χ0) is 14.4. The summed E-state index contributed by atoms with van der Waals surface area (Å²) in [6.07, 6.45) is 1.90. The average Bonchev–Trinajstić information content (AvgIpc) is 2.38. The topological polar surface area (TPSA) is 58.4 Å². The van der Waals surface area contributed by atoms with Gasteiger partial charge in [-0.15, -0.1) is 0 Å². The van der Waals surface area contributed by atoms with Crippen LogP contribution in [0.4, 0.5) is 0 Å². The summed E-state index contributed by atoms with van der Waals surface area (Å²) >= 11 is 0. The summed E-state index contributed by atoms with van der Waals surface area (Å²) in [7, 11) is 0. The lowest BCUT2D eigenvalue weighted by molar-refractivity contribution is -0.128. The third kappa shape index (κ3) is 4.77. The smallest absolute Gasteiger partial charge is 0.223 e. The first-order valence-corrected chi connectivity index (χ1v) is 7.75. The first-order chi connectivity index (χ1) is 8.99. The molecule has 3 N–H and O–H groups in total. The maximum absolute atomic E-state index is 12.2. The maximum Gasteiger partial charge on any atom is 0.223 e. The minimum atomic E-state index is 0.0999. The summed E-state index contributed by atoms with van der Waals surface area (Å²) in [6.45, 7) is 12.4. The molecule has 0 aromatic carbocycles. The zero-order valence-electron chi connectivity index (χ0n) is 13.0. The lowest BCUT2D eigenvalue weighted by Gasteiger charge is -2.36. The Kier molecular flexibility index (Phi) is 6.80. The Hall–Kier alpha value is -0.610. The third-order valence-corrected chi connectivity index (χ3v) is 4.65. The van der Waals surface area contributed by atoms with Gasteiger partial charge >= 0.3 is 0 Å². The molecule has 0 aliphatic heterocycles. The summed E-state index contributed by atoms with van der Waals surface area (Å²) in [4.78, 5) is 14.6. The highest BCUT2D eigenvalue weighted by atomic mass is 16.1. The molecule has 1 aliphatic carbocycles. The summed E-state index contributed by atoms with van der Waals surface area (Å²) in [5, 5.41) is 3.08. The van der Waals surface area contributed by atoms with Crippen LogP contribution in [0.3, 0.4) is 0 Å². The second kappa shape index (κ2) is 7.85. The number of rotatable bonds is 6. The van der Waals surface area contributed by atoms with Crippen LogP contribution in [0.25, 0.3) is 0 Å². The van der Waals surface area contributed by atoms with E-state index in [0.29, 0.717) is 11.8 Å². The molecule has 0 heterocycles. The Morgan fingerprint density at radius 3 is 2.42 bits per heavy atom. The van der Waals surface area contributed by atoms with E-state index in [-0.39, 0.29) is 17.9 Å². The molecular weight excluding hydrogens is 238 g/mol. The van der Waals surface area contributed by atoms with E-state index in [1.54, 1.807) is 0 Å². The fourth-order valence-electron chi connectivity index (χ4n) is 3.06. The molecule has 1 rings (SSSR count). The number of nitrogens with one attached hydrogen (secondary N) is 1. The highest BCUT2D eigenvalue weighted by Crippen LogP contribution is 2.32. The van der Waals surface area contributed by atoms with Crippen LogP contribution < -0.4 is 11.1 Å². The minimum absolute atomic E-state index is 0.0999. The van der Waals surface area contributed by atoms with E-state index in [9.17, 15) is 4.79 Å². The van der Waals surface area contributed by atoms with Crippen molar-refractivity contribution in [3.63, 3.8) is 0 Å². The van der Waals surface area contributed by atoms with Gasteiger partial charge in [0.1, 0.15) is 0 Å². The quantitative estimate of drug-likeness (QED) is 0.767. The predicted octanol–water partition coefficient (Wildman–Crippen LogP) is 1.45. The van der Waals surface area contributed by atoms with Crippen molar-refractivity contribution in [2.75, 3.05) is 26.2 Å². The molecule has 4 unspecified atom stereocenters. The standard InChI is InChI=1S/C15H31N3O/c1-5-18(6-2)8-7-17-15(19)13-10-14(16)12(4)9-11(13)3/h11-14H,5-10,16H2,1-4H3,(H,17,19). The number of carbonyl (C=O) groups is 1. The largest absolute Gasteiger partial charge is 0.355 e. The van der Waals surface area contributed by atoms with E-state index >= 15 is 0 Å². The minimum Gasteiger partial charge on any atom is -0.355 e. The van der Waals surface area contributed by atoms with E-state index in [1.165, 1.54) is 0 Å². The number of nitrogens with zero attached hydrogens (tertiary/aromatic N) is 1. The van der Waals surface area contributed by atoms with Crippen LogP contribution in [0.5, 0.6) is 0 Å². The van der Waals surface area contributed by atoms with Crippen molar-refractivity contribution in [2.24, 2.45) is 23.5 Å². The Morgan fingerprint density at radius 2 is 1.84 bits per heavy atom. The van der Waals surface area contributed by atoms with E-state index in [4.69, 9.17) is 5.73 Å². The SMILES string of the molecule is CCN(CC)CCNC(=O)C1CC(N)C(C)CC1C. The van der Waals surface area contributed by atoms with Crippen LogP contribution in [0.15, 0.2) is 0 Å². The predicted molar refractivity (Wildman–Crippen MR) is 79.8 cm³/mol. The van der Waals surface area contributed by atoms with Gasteiger partial charge < -0.3 is 16.0 Å². The fraction of sp³-hybridized carbons (Fsp3) is 0.933. The van der Waals surface area contributed by atoms with Crippen molar-refractivity contribution in [1.82, 2.24) is 10.2 Å². The van der Waals surface area contributed by atoms with Gasteiger partial charge in [0.15, 0.2) is 0 Å². The highest BCUT2D eigenvalue weighted by molar-refractivity contribution is 5.79. The molecule has 0 bridgehead atoms. The Morgan fingerprint density at radius 1 is 1.21 bits per heavy atom. The van der Waals surface area contributed by atoms with Crippen LogP contribution in [-0.4, -0.2) is 43.0 Å². The van der Waals surface area contributed by atoms with Crippen molar-refractivity contribution in [3.05, 3.63) is 0 Å². The summed E-state index contributed by atoms with van der Waals surface area (Å²) in [5.74, 6) is 1.28. The van der Waals surface area contributed by atoms with Gasteiger partial charge in [-0.05, 0) is 37.8 Å². The van der Waals surface area contributed by atoms with Gasteiger partial charge in [-0.3, -0.25) is 4.79 Å². The van der Waals surface area contributed by atoms with Crippen molar-refractivity contribution in [1.29, 1.82) is 0 Å². The van der Waals surface area contributed by atoms with Crippen LogP contribution in [-0.2, 0) is 4.79 Å². The molecule has 0 aromatic rings. The molecule has 4 atom stereocenters. The molecule has 1 fully saturated rings. The van der Waals surface area contributed by atoms with Crippen LogP contribution in [0.1, 0.15) is 40.5 Å². The number of hydrogen-bond acceptors (Lipinski definition) is 3. The number of carbonyl (C=O) groups excluding carboxylic acids is 1. The van der Waals surface area contributed by atoms with Crippen LogP contribution in [0.2, 0.25) is 0 Å². The second-order valence-electron chi connectivity index (χ2n) is 6.01. The molecule has 19 heavy (non-hydrogen) atoms. The summed E-state index contributed by atoms with van der Waals surface area (Å²) in [6, 6.07) is 0.176. The van der Waals surface area contributed by atoms with Gasteiger partial charge in [0.05, 0.1) is 0 Å². The average molecular weight is 269 g/mol. The fourth-order valence-corrected chi connectivity index (χ4v) is 3.06. The molecule has 0 radical (unpaired) electrons. The van der Waals surface area contributed by atoms with Gasteiger partial charge in [-0.25, -0.2) is 0 Å². The number of likely N-dealkylation sites (N-methyl/N-ethyl adjacent to an activating group) is 1. The number of hydrogen-bond donors (Lipinski definition) is 2. The highest BCUT2D eigenvalue weighted by Gasteiger charge is 2.34. The molecular formula is C15H31N3O. The van der Waals surface area contributed by atoms with Crippen molar-refractivity contribution in [3.8, 4) is 0 Å². The lowest BCUT2D eigenvalue weighted by Crippen LogP contribution is -2.46.